The number of amides is 1. The summed E-state index contributed by atoms with van der Waals surface area (Å²) in [6, 6.07) is 2.16. The summed E-state index contributed by atoms with van der Waals surface area (Å²) in [6.07, 6.45) is 6.68. The Morgan fingerprint density at radius 1 is 1.45 bits per heavy atom. The molecular weight excluding hydrogens is 278 g/mol. The number of nitrogens with one attached hydrogen (secondary N) is 1. The lowest BCUT2D eigenvalue weighted by Gasteiger charge is -2.44. The highest BCUT2D eigenvalue weighted by Crippen LogP contribution is 2.28. The first kappa shape index (κ1) is 13.8. The van der Waals surface area contributed by atoms with E-state index in [1.807, 2.05) is 6.07 Å². The smallest absolute Gasteiger partial charge is 0.274 e. The van der Waals surface area contributed by atoms with Gasteiger partial charge in [0.25, 0.3) is 5.91 Å². The molecule has 3 fully saturated rings. The van der Waals surface area contributed by atoms with Crippen LogP contribution in [-0.2, 0) is 6.42 Å². The van der Waals surface area contributed by atoms with Crippen LogP contribution in [0.1, 0.15) is 35.8 Å². The first-order valence-corrected chi connectivity index (χ1v) is 8.14. The third kappa shape index (κ3) is 2.20. The molecule has 1 amide bonds. The number of nitrogens with zero attached hydrogens (tertiary/aromatic N) is 2. The maximum atomic E-state index is 12.6. The van der Waals surface area contributed by atoms with Crippen LogP contribution in [0.3, 0.4) is 0 Å². The molecule has 3 aliphatic heterocycles. The number of aryl methyl sites for hydroxylation is 1. The van der Waals surface area contributed by atoms with Crippen molar-refractivity contribution in [1.29, 1.82) is 0 Å². The van der Waals surface area contributed by atoms with E-state index >= 15 is 0 Å². The molecule has 1 atom stereocenters. The second kappa shape index (κ2) is 5.39. The molecule has 0 spiro atoms. The molecule has 0 unspecified atom stereocenters. The van der Waals surface area contributed by atoms with Crippen molar-refractivity contribution < 1.29 is 9.21 Å². The largest absolute Gasteiger partial charge is 0.462 e. The third-order valence-corrected chi connectivity index (χ3v) is 5.14. The number of hydrogen-bond donors (Lipinski definition) is 1. The van der Waals surface area contributed by atoms with Crippen LogP contribution in [0.15, 0.2) is 22.9 Å². The highest BCUT2D eigenvalue weighted by atomic mass is 16.3. The first-order chi connectivity index (χ1) is 10.8. The van der Waals surface area contributed by atoms with Crippen LogP contribution in [-0.4, -0.2) is 41.5 Å². The average molecular weight is 299 g/mol. The van der Waals surface area contributed by atoms with Gasteiger partial charge in [0.1, 0.15) is 0 Å². The summed E-state index contributed by atoms with van der Waals surface area (Å²) in [7, 11) is 0. The Bertz CT molecular complexity index is 701. The number of hydrogen-bond acceptors (Lipinski definition) is 4. The number of aromatic nitrogens is 1. The molecule has 0 aromatic carbocycles. The van der Waals surface area contributed by atoms with Crippen molar-refractivity contribution in [3.05, 3.63) is 29.8 Å². The molecule has 2 aromatic heterocycles. The van der Waals surface area contributed by atoms with Crippen LogP contribution >= 0.6 is 0 Å². The summed E-state index contributed by atoms with van der Waals surface area (Å²) in [4.78, 5) is 19.3. The van der Waals surface area contributed by atoms with Crippen molar-refractivity contribution in [3.63, 3.8) is 0 Å². The van der Waals surface area contributed by atoms with Crippen molar-refractivity contribution in [2.45, 2.75) is 32.2 Å². The minimum absolute atomic E-state index is 0.110. The molecule has 3 aliphatic rings. The number of furan rings is 1. The van der Waals surface area contributed by atoms with Gasteiger partial charge in [-0.05, 0) is 49.9 Å². The Morgan fingerprint density at radius 2 is 2.27 bits per heavy atom. The van der Waals surface area contributed by atoms with Gasteiger partial charge in [0, 0.05) is 24.2 Å². The first-order valence-electron chi connectivity index (χ1n) is 8.14. The summed E-state index contributed by atoms with van der Waals surface area (Å²) >= 11 is 0. The molecule has 116 valence electrons. The van der Waals surface area contributed by atoms with E-state index < -0.39 is 0 Å². The van der Waals surface area contributed by atoms with Gasteiger partial charge >= 0.3 is 0 Å². The maximum absolute atomic E-state index is 12.6. The Kier molecular flexibility index (Phi) is 3.37. The van der Waals surface area contributed by atoms with Gasteiger partial charge in [-0.3, -0.25) is 4.79 Å². The Labute approximate surface area is 129 Å². The summed E-state index contributed by atoms with van der Waals surface area (Å²) in [5.74, 6) is 0.498. The fraction of sp³-hybridized carbons (Fsp3) is 0.529. The highest BCUT2D eigenvalue weighted by molar-refractivity contribution is 6.03. The van der Waals surface area contributed by atoms with Crippen LogP contribution < -0.4 is 5.32 Å². The lowest BCUT2D eigenvalue weighted by molar-refractivity contribution is 0.0618. The normalized spacial score (nSPS) is 27.2. The van der Waals surface area contributed by atoms with E-state index in [1.54, 1.807) is 12.5 Å². The van der Waals surface area contributed by atoms with Crippen LogP contribution in [0, 0.1) is 5.92 Å². The summed E-state index contributed by atoms with van der Waals surface area (Å²) in [5.41, 5.74) is 2.14. The number of carbonyl (C=O) groups is 1. The third-order valence-electron chi connectivity index (χ3n) is 5.14. The molecule has 5 rings (SSSR count). The molecule has 0 aliphatic carbocycles. The second-order valence-corrected chi connectivity index (χ2v) is 6.37. The van der Waals surface area contributed by atoms with Gasteiger partial charge in [-0.15, -0.1) is 0 Å². The molecule has 0 radical (unpaired) electrons. The zero-order valence-electron chi connectivity index (χ0n) is 12.8. The molecule has 2 bridgehead atoms. The van der Waals surface area contributed by atoms with Gasteiger partial charge in [-0.2, -0.15) is 0 Å². The number of fused-ring (bicyclic) bond motifs is 4. The van der Waals surface area contributed by atoms with Crippen LogP contribution in [0.2, 0.25) is 0 Å². The minimum Gasteiger partial charge on any atom is -0.462 e. The van der Waals surface area contributed by atoms with E-state index in [9.17, 15) is 4.79 Å². The Morgan fingerprint density at radius 3 is 2.95 bits per heavy atom. The monoisotopic (exact) mass is 299 g/mol. The number of piperidine rings is 3. The molecule has 5 heteroatoms. The summed E-state index contributed by atoms with van der Waals surface area (Å²) in [5, 5.41) is 4.18. The molecular formula is C17H21N3O2. The van der Waals surface area contributed by atoms with E-state index in [-0.39, 0.29) is 11.9 Å². The molecule has 1 N–H and O–H groups in total. The van der Waals surface area contributed by atoms with Crippen molar-refractivity contribution in [3.8, 4) is 0 Å². The van der Waals surface area contributed by atoms with Gasteiger partial charge in [-0.25, -0.2) is 4.98 Å². The van der Waals surface area contributed by atoms with Crippen molar-refractivity contribution in [1.82, 2.24) is 15.2 Å². The van der Waals surface area contributed by atoms with Crippen molar-refractivity contribution in [2.24, 2.45) is 5.92 Å². The topological polar surface area (TPSA) is 58.4 Å². The zero-order chi connectivity index (χ0) is 15.1. The lowest BCUT2D eigenvalue weighted by atomic mass is 9.84. The summed E-state index contributed by atoms with van der Waals surface area (Å²) in [6.45, 7) is 5.38. The number of carbonyl (C=O) groups excluding carboxylic acids is 1. The number of pyridine rings is 1. The van der Waals surface area contributed by atoms with Gasteiger partial charge in [0.15, 0.2) is 11.3 Å². The number of rotatable bonds is 3. The van der Waals surface area contributed by atoms with Crippen LogP contribution in [0.5, 0.6) is 0 Å². The second-order valence-electron chi connectivity index (χ2n) is 6.37. The lowest BCUT2D eigenvalue weighted by Crippen LogP contribution is -2.57. The van der Waals surface area contributed by atoms with E-state index in [1.165, 1.54) is 25.9 Å². The van der Waals surface area contributed by atoms with Gasteiger partial charge in [0.2, 0.25) is 0 Å². The van der Waals surface area contributed by atoms with Gasteiger partial charge in [0.05, 0.1) is 6.26 Å². The van der Waals surface area contributed by atoms with Crippen LogP contribution in [0.4, 0.5) is 0 Å². The summed E-state index contributed by atoms with van der Waals surface area (Å²) < 4.78 is 5.61. The minimum atomic E-state index is -0.110. The molecule has 0 saturated carbocycles. The van der Waals surface area contributed by atoms with Gasteiger partial charge < -0.3 is 14.6 Å². The van der Waals surface area contributed by atoms with E-state index in [2.05, 4.69) is 22.1 Å². The van der Waals surface area contributed by atoms with Crippen molar-refractivity contribution in [2.75, 3.05) is 19.6 Å². The molecule has 22 heavy (non-hydrogen) atoms. The molecule has 5 nitrogen and oxygen atoms in total. The predicted octanol–water partition coefficient (Wildman–Crippen LogP) is 2.21. The predicted molar refractivity (Wildman–Crippen MR) is 83.8 cm³/mol. The van der Waals surface area contributed by atoms with E-state index in [4.69, 9.17) is 4.42 Å². The standard InChI is InChI=1S/C17H21N3O2/c1-2-11-10-22-16-13(11)3-6-18-15(16)17(21)19-14-9-20-7-4-12(14)5-8-20/h3,6,10,12,14H,2,4-5,7-9H2,1H3,(H,19,21)/t14-/m1/s1. The maximum Gasteiger partial charge on any atom is 0.274 e. The average Bonchev–Trinajstić information content (AvgIpc) is 2.99. The highest BCUT2D eigenvalue weighted by Gasteiger charge is 2.35. The molecule has 5 heterocycles. The van der Waals surface area contributed by atoms with Gasteiger partial charge in [-0.1, -0.05) is 6.92 Å². The van der Waals surface area contributed by atoms with Crippen molar-refractivity contribution >= 4 is 16.9 Å². The molecule has 2 aromatic rings. The SMILES string of the molecule is CCc1coc2c(C(=O)N[C@@H]3CN4CCC3CC4)nccc12. The fourth-order valence-corrected chi connectivity index (χ4v) is 3.81. The fourth-order valence-electron chi connectivity index (χ4n) is 3.81. The zero-order valence-corrected chi connectivity index (χ0v) is 12.8. The molecule has 3 saturated heterocycles. The van der Waals surface area contributed by atoms with E-state index in [0.717, 1.165) is 23.9 Å². The Balaban J connectivity index is 1.59. The quantitative estimate of drug-likeness (QED) is 0.944. The van der Waals surface area contributed by atoms with E-state index in [0.29, 0.717) is 17.2 Å². The van der Waals surface area contributed by atoms with Crippen LogP contribution in [0.25, 0.3) is 11.0 Å². The Hall–Kier alpha value is -1.88.